The molecule has 0 radical (unpaired) electrons. The van der Waals surface area contributed by atoms with Gasteiger partial charge in [-0.2, -0.15) is 0 Å². The highest BCUT2D eigenvalue weighted by Gasteiger charge is 2.17. The Morgan fingerprint density at radius 3 is 3.00 bits per heavy atom. The molecule has 0 aliphatic carbocycles. The molecule has 2 aromatic heterocycles. The molecule has 0 spiro atoms. The zero-order valence-electron chi connectivity index (χ0n) is 12.1. The van der Waals surface area contributed by atoms with Gasteiger partial charge in [0.25, 0.3) is 0 Å². The van der Waals surface area contributed by atoms with Crippen molar-refractivity contribution in [2.75, 3.05) is 24.7 Å². The summed E-state index contributed by atoms with van der Waals surface area (Å²) < 4.78 is 0.873. The molecule has 1 amide bonds. The molecule has 0 saturated carbocycles. The number of anilines is 1. The maximum absolute atomic E-state index is 12.0. The lowest BCUT2D eigenvalue weighted by Gasteiger charge is -2.21. The molecule has 0 unspecified atom stereocenters. The zero-order chi connectivity index (χ0) is 15.2. The zero-order valence-corrected chi connectivity index (χ0v) is 14.5. The molecule has 9 heteroatoms. The summed E-state index contributed by atoms with van der Waals surface area (Å²) in [6.07, 6.45) is 1.78. The predicted octanol–water partition coefficient (Wildman–Crippen LogP) is 2.74. The summed E-state index contributed by atoms with van der Waals surface area (Å²) in [6, 6.07) is 0.108. The normalized spacial score (nSPS) is 12.6. The third-order valence-electron chi connectivity index (χ3n) is 2.78. The topological polar surface area (TPSA) is 71.0 Å². The lowest BCUT2D eigenvalue weighted by molar-refractivity contribution is -0.117. The fraction of sp³-hybridized carbons (Fsp3) is 0.500. The van der Waals surface area contributed by atoms with E-state index in [9.17, 15) is 4.79 Å². The molecule has 1 atom stereocenters. The molecule has 0 saturated heterocycles. The van der Waals surface area contributed by atoms with Crippen molar-refractivity contribution in [1.82, 2.24) is 20.1 Å². The van der Waals surface area contributed by atoms with Gasteiger partial charge in [-0.15, -0.1) is 21.5 Å². The van der Waals surface area contributed by atoms with E-state index in [1.54, 1.807) is 29.3 Å². The first-order valence-corrected chi connectivity index (χ1v) is 9.14. The van der Waals surface area contributed by atoms with Crippen molar-refractivity contribution in [2.45, 2.75) is 24.2 Å². The summed E-state index contributed by atoms with van der Waals surface area (Å²) in [5.41, 5.74) is 0. The van der Waals surface area contributed by atoms with Gasteiger partial charge in [0.2, 0.25) is 11.0 Å². The quantitative estimate of drug-likeness (QED) is 0.616. The number of hydrogen-bond acceptors (Lipinski definition) is 8. The fourth-order valence-electron chi connectivity index (χ4n) is 1.59. The van der Waals surface area contributed by atoms with E-state index >= 15 is 0 Å². The molecular weight excluding hydrogens is 326 g/mol. The molecule has 21 heavy (non-hydrogen) atoms. The number of nitrogens with one attached hydrogen (secondary N) is 1. The van der Waals surface area contributed by atoms with Gasteiger partial charge in [0, 0.05) is 11.6 Å². The highest BCUT2D eigenvalue weighted by molar-refractivity contribution is 8.01. The van der Waals surface area contributed by atoms with E-state index in [0.717, 1.165) is 15.1 Å². The summed E-state index contributed by atoms with van der Waals surface area (Å²) >= 11 is 4.61. The number of hydrogen-bond donors (Lipinski definition) is 1. The first-order valence-electron chi connectivity index (χ1n) is 6.46. The van der Waals surface area contributed by atoms with Crippen molar-refractivity contribution < 1.29 is 4.79 Å². The van der Waals surface area contributed by atoms with E-state index < -0.39 is 0 Å². The van der Waals surface area contributed by atoms with Gasteiger partial charge in [0.1, 0.15) is 5.01 Å². The Morgan fingerprint density at radius 1 is 1.52 bits per heavy atom. The molecule has 114 valence electrons. The molecule has 0 aliphatic rings. The summed E-state index contributed by atoms with van der Waals surface area (Å²) in [5.74, 6) is 0.849. The Labute approximate surface area is 136 Å². The highest BCUT2D eigenvalue weighted by atomic mass is 32.2. The van der Waals surface area contributed by atoms with Crippen molar-refractivity contribution >= 4 is 45.5 Å². The van der Waals surface area contributed by atoms with Crippen LogP contribution in [0, 0.1) is 0 Å². The number of rotatable bonds is 7. The lowest BCUT2D eigenvalue weighted by Crippen LogP contribution is -2.32. The van der Waals surface area contributed by atoms with E-state index in [1.165, 1.54) is 11.3 Å². The van der Waals surface area contributed by atoms with Gasteiger partial charge in [0.15, 0.2) is 4.34 Å². The molecule has 0 bridgehead atoms. The number of thiazole rings is 1. The van der Waals surface area contributed by atoms with Crippen LogP contribution >= 0.6 is 34.4 Å². The van der Waals surface area contributed by atoms with Gasteiger partial charge in [-0.25, -0.2) is 4.98 Å². The van der Waals surface area contributed by atoms with Crippen molar-refractivity contribution in [3.63, 3.8) is 0 Å². The number of aromatic nitrogens is 3. The van der Waals surface area contributed by atoms with Gasteiger partial charge >= 0.3 is 0 Å². The van der Waals surface area contributed by atoms with Crippen LogP contribution in [-0.2, 0) is 4.79 Å². The first kappa shape index (κ1) is 16.3. The molecule has 2 heterocycles. The van der Waals surface area contributed by atoms with Crippen LogP contribution in [0.5, 0.6) is 0 Å². The van der Waals surface area contributed by atoms with Crippen LogP contribution in [0.4, 0.5) is 5.13 Å². The van der Waals surface area contributed by atoms with Crippen LogP contribution in [0.1, 0.15) is 24.9 Å². The predicted molar refractivity (Wildman–Crippen MR) is 88.1 cm³/mol. The Hall–Kier alpha value is -1.03. The molecular formula is C12H17N5OS3. The minimum atomic E-state index is -0.0925. The van der Waals surface area contributed by atoms with Crippen molar-refractivity contribution in [1.29, 1.82) is 0 Å². The Kier molecular flexibility index (Phi) is 6.09. The molecule has 2 aromatic rings. The number of carbonyl (C=O) groups excluding carboxylic acids is 1. The van der Waals surface area contributed by atoms with Gasteiger partial charge < -0.3 is 0 Å². The Morgan fingerprint density at radius 2 is 2.33 bits per heavy atom. The van der Waals surface area contributed by atoms with Crippen LogP contribution in [0.15, 0.2) is 15.9 Å². The second-order valence-electron chi connectivity index (χ2n) is 4.32. The van der Waals surface area contributed by atoms with Gasteiger partial charge in [-0.1, -0.05) is 30.0 Å². The highest BCUT2D eigenvalue weighted by Crippen LogP contribution is 2.25. The van der Waals surface area contributed by atoms with E-state index in [1.807, 2.05) is 24.3 Å². The summed E-state index contributed by atoms with van der Waals surface area (Å²) in [7, 11) is 1.91. The second-order valence-corrected chi connectivity index (χ2v) is 7.73. The first-order chi connectivity index (χ1) is 10.1. The molecule has 2 rings (SSSR count). The van der Waals surface area contributed by atoms with Crippen LogP contribution in [0.25, 0.3) is 0 Å². The minimum Gasteiger partial charge on any atom is -0.299 e. The molecule has 0 aromatic carbocycles. The maximum Gasteiger partial charge on any atom is 0.240 e. The average molecular weight is 344 g/mol. The number of likely N-dealkylation sites (N-methyl/N-ethyl adjacent to an activating group) is 1. The summed E-state index contributed by atoms with van der Waals surface area (Å²) in [4.78, 5) is 18.3. The second kappa shape index (κ2) is 7.83. The lowest BCUT2D eigenvalue weighted by atomic mass is 10.3. The monoisotopic (exact) mass is 343 g/mol. The molecule has 0 aliphatic heterocycles. The van der Waals surface area contributed by atoms with Gasteiger partial charge in [0.05, 0.1) is 12.6 Å². The number of nitrogens with zero attached hydrogens (tertiary/aromatic N) is 4. The third-order valence-corrected chi connectivity index (χ3v) is 5.58. The standard InChI is InChI=1S/C12H17N5OS3/c1-4-19-12-16-15-11(21-12)14-9(18)7-17(3)8(2)10-13-5-6-20-10/h5-6,8H,4,7H2,1-3H3,(H,14,15,18)/t8-/m0/s1. The van der Waals surface area contributed by atoms with Crippen LogP contribution in [0.2, 0.25) is 0 Å². The van der Waals surface area contributed by atoms with Crippen molar-refractivity contribution in [3.05, 3.63) is 16.6 Å². The summed E-state index contributed by atoms with van der Waals surface area (Å²) in [6.45, 7) is 4.38. The molecule has 1 N–H and O–H groups in total. The summed E-state index contributed by atoms with van der Waals surface area (Å²) in [5, 5.41) is 14.2. The average Bonchev–Trinajstić information content (AvgIpc) is 3.10. The van der Waals surface area contributed by atoms with Crippen LogP contribution in [-0.4, -0.2) is 45.3 Å². The van der Waals surface area contributed by atoms with E-state index in [0.29, 0.717) is 5.13 Å². The Bertz CT molecular complexity index is 571. The van der Waals surface area contributed by atoms with Gasteiger partial charge in [-0.05, 0) is 19.7 Å². The fourth-order valence-corrected chi connectivity index (χ4v) is 4.02. The molecule has 6 nitrogen and oxygen atoms in total. The van der Waals surface area contributed by atoms with Crippen LogP contribution < -0.4 is 5.32 Å². The maximum atomic E-state index is 12.0. The third kappa shape index (κ3) is 4.73. The molecule has 0 fully saturated rings. The van der Waals surface area contributed by atoms with Crippen molar-refractivity contribution in [2.24, 2.45) is 0 Å². The smallest absolute Gasteiger partial charge is 0.240 e. The largest absolute Gasteiger partial charge is 0.299 e. The van der Waals surface area contributed by atoms with Crippen LogP contribution in [0.3, 0.4) is 0 Å². The number of amides is 1. The number of carbonyl (C=O) groups is 1. The van der Waals surface area contributed by atoms with Crippen molar-refractivity contribution in [3.8, 4) is 0 Å². The Balaban J connectivity index is 1.85. The minimum absolute atomic E-state index is 0.0925. The van der Waals surface area contributed by atoms with E-state index in [-0.39, 0.29) is 18.5 Å². The SMILES string of the molecule is CCSc1nnc(NC(=O)CN(C)[C@@H](C)c2nccs2)s1. The van der Waals surface area contributed by atoms with E-state index in [4.69, 9.17) is 0 Å². The van der Waals surface area contributed by atoms with E-state index in [2.05, 4.69) is 27.4 Å². The van der Waals surface area contributed by atoms with Gasteiger partial charge in [-0.3, -0.25) is 15.0 Å². The number of thioether (sulfide) groups is 1.